The summed E-state index contributed by atoms with van der Waals surface area (Å²) in [6, 6.07) is 8.98. The largest absolute Gasteiger partial charge is 0.479 e. The van der Waals surface area contributed by atoms with Gasteiger partial charge in [-0.1, -0.05) is 37.7 Å². The Morgan fingerprint density at radius 3 is 2.86 bits per heavy atom. The number of hydrogen-bond donors (Lipinski definition) is 1. The molecule has 0 aromatic heterocycles. The second-order valence-corrected chi connectivity index (χ2v) is 6.00. The predicted molar refractivity (Wildman–Crippen MR) is 83.3 cm³/mol. The van der Waals surface area contributed by atoms with Crippen LogP contribution in [0.5, 0.6) is 5.75 Å². The van der Waals surface area contributed by atoms with Gasteiger partial charge in [0, 0.05) is 5.75 Å². The number of ether oxygens (including phenoxy) is 1. The van der Waals surface area contributed by atoms with Crippen molar-refractivity contribution >= 4 is 22.8 Å². The molecule has 0 saturated carbocycles. The van der Waals surface area contributed by atoms with Crippen molar-refractivity contribution < 1.29 is 9.53 Å². The van der Waals surface area contributed by atoms with E-state index in [1.807, 2.05) is 13.8 Å². The second-order valence-electron chi connectivity index (χ2n) is 4.92. The summed E-state index contributed by atoms with van der Waals surface area (Å²) in [6.45, 7) is 4.54. The van der Waals surface area contributed by atoms with Crippen LogP contribution in [0, 0.1) is 17.2 Å². The average Bonchev–Trinajstić information content (AvgIpc) is 2.97. The molecule has 0 aliphatic carbocycles. The van der Waals surface area contributed by atoms with E-state index in [-0.39, 0.29) is 11.8 Å². The van der Waals surface area contributed by atoms with Gasteiger partial charge in [-0.05, 0) is 18.1 Å². The fraction of sp³-hybridized carbons (Fsp3) is 0.400. The van der Waals surface area contributed by atoms with Crippen LogP contribution in [0.2, 0.25) is 0 Å². The standard InChI is InChI=1S/C15H17N3O2S/c1-10(2)13(14(19)18-15-17-7-8-21-15)20-12-6-4-3-5-11(12)9-16/h3-6,10,13H,7-8H2,1-2H3,(H,17,18,19). The Balaban J connectivity index is 2.12. The third-order valence-corrected chi connectivity index (χ3v) is 3.83. The van der Waals surface area contributed by atoms with Crippen molar-refractivity contribution in [3.8, 4) is 11.8 Å². The summed E-state index contributed by atoms with van der Waals surface area (Å²) >= 11 is 1.52. The summed E-state index contributed by atoms with van der Waals surface area (Å²) in [5.74, 6) is 1.06. The third-order valence-electron chi connectivity index (χ3n) is 2.94. The van der Waals surface area contributed by atoms with Crippen molar-refractivity contribution in [2.24, 2.45) is 10.9 Å². The first-order chi connectivity index (χ1) is 10.1. The minimum atomic E-state index is -0.664. The van der Waals surface area contributed by atoms with E-state index < -0.39 is 6.10 Å². The molecule has 0 fully saturated rings. The number of para-hydroxylation sites is 1. The number of carbonyl (C=O) groups excluding carboxylic acids is 1. The molecule has 1 aliphatic rings. The van der Waals surface area contributed by atoms with Crippen LogP contribution in [-0.4, -0.2) is 29.5 Å². The monoisotopic (exact) mass is 303 g/mol. The number of rotatable bonds is 4. The molecule has 1 aliphatic heterocycles. The molecule has 6 heteroatoms. The lowest BCUT2D eigenvalue weighted by atomic mass is 10.1. The zero-order chi connectivity index (χ0) is 15.2. The minimum Gasteiger partial charge on any atom is -0.479 e. The number of amides is 1. The molecule has 110 valence electrons. The highest BCUT2D eigenvalue weighted by Gasteiger charge is 2.26. The van der Waals surface area contributed by atoms with Gasteiger partial charge in [-0.3, -0.25) is 9.79 Å². The Bertz CT molecular complexity index is 593. The van der Waals surface area contributed by atoms with Crippen LogP contribution in [0.25, 0.3) is 0 Å². The molecule has 1 heterocycles. The maximum absolute atomic E-state index is 12.3. The van der Waals surface area contributed by atoms with E-state index in [1.54, 1.807) is 24.3 Å². The molecule has 1 atom stereocenters. The molecular weight excluding hydrogens is 286 g/mol. The van der Waals surface area contributed by atoms with Gasteiger partial charge in [0.1, 0.15) is 11.8 Å². The maximum atomic E-state index is 12.3. The Labute approximate surface area is 128 Å². The molecule has 1 N–H and O–H groups in total. The highest BCUT2D eigenvalue weighted by molar-refractivity contribution is 8.14. The molecule has 0 saturated heterocycles. The van der Waals surface area contributed by atoms with E-state index >= 15 is 0 Å². The molecule has 2 rings (SSSR count). The van der Waals surface area contributed by atoms with E-state index in [0.29, 0.717) is 16.5 Å². The molecule has 5 nitrogen and oxygen atoms in total. The minimum absolute atomic E-state index is 0.0243. The first-order valence-corrected chi connectivity index (χ1v) is 7.74. The number of thioether (sulfide) groups is 1. The van der Waals surface area contributed by atoms with Gasteiger partial charge < -0.3 is 10.1 Å². The Morgan fingerprint density at radius 2 is 2.24 bits per heavy atom. The fourth-order valence-electron chi connectivity index (χ4n) is 1.88. The third kappa shape index (κ3) is 3.99. The second kappa shape index (κ2) is 7.14. The van der Waals surface area contributed by atoms with Crippen molar-refractivity contribution in [1.82, 2.24) is 5.32 Å². The van der Waals surface area contributed by atoms with Crippen LogP contribution in [0.4, 0.5) is 0 Å². The van der Waals surface area contributed by atoms with Gasteiger partial charge in [-0.25, -0.2) is 0 Å². The Kier molecular flexibility index (Phi) is 5.23. The molecule has 0 spiro atoms. The summed E-state index contributed by atoms with van der Waals surface area (Å²) in [6.07, 6.45) is -0.664. The van der Waals surface area contributed by atoms with Crippen LogP contribution in [0.15, 0.2) is 29.3 Å². The highest BCUT2D eigenvalue weighted by Crippen LogP contribution is 2.21. The first kappa shape index (κ1) is 15.4. The number of hydrogen-bond acceptors (Lipinski definition) is 5. The number of carbonyl (C=O) groups is 1. The lowest BCUT2D eigenvalue weighted by Crippen LogP contribution is -2.43. The van der Waals surface area contributed by atoms with Crippen molar-refractivity contribution in [1.29, 1.82) is 5.26 Å². The number of aliphatic imine (C=N–C) groups is 1. The summed E-state index contributed by atoms with van der Waals surface area (Å²) in [4.78, 5) is 16.5. The first-order valence-electron chi connectivity index (χ1n) is 6.75. The van der Waals surface area contributed by atoms with Gasteiger partial charge in [0.15, 0.2) is 11.3 Å². The van der Waals surface area contributed by atoms with Crippen LogP contribution in [0.1, 0.15) is 19.4 Å². The van der Waals surface area contributed by atoms with Gasteiger partial charge in [-0.2, -0.15) is 5.26 Å². The van der Waals surface area contributed by atoms with Gasteiger partial charge in [0.2, 0.25) is 0 Å². The number of benzene rings is 1. The summed E-state index contributed by atoms with van der Waals surface area (Å²) < 4.78 is 5.77. The van der Waals surface area contributed by atoms with E-state index in [9.17, 15) is 4.79 Å². The lowest BCUT2D eigenvalue weighted by molar-refractivity contribution is -0.128. The molecule has 1 amide bonds. The number of nitriles is 1. The molecule has 1 aromatic rings. The van der Waals surface area contributed by atoms with Crippen molar-refractivity contribution in [3.05, 3.63) is 29.8 Å². The highest BCUT2D eigenvalue weighted by atomic mass is 32.2. The molecule has 1 unspecified atom stereocenters. The van der Waals surface area contributed by atoms with Gasteiger partial charge >= 0.3 is 0 Å². The summed E-state index contributed by atoms with van der Waals surface area (Å²) in [5, 5.41) is 12.5. The quantitative estimate of drug-likeness (QED) is 0.925. The summed E-state index contributed by atoms with van der Waals surface area (Å²) in [5.41, 5.74) is 0.420. The van der Waals surface area contributed by atoms with Crippen LogP contribution in [-0.2, 0) is 4.79 Å². The van der Waals surface area contributed by atoms with Crippen molar-refractivity contribution in [3.63, 3.8) is 0 Å². The van der Waals surface area contributed by atoms with Gasteiger partial charge in [-0.15, -0.1) is 0 Å². The van der Waals surface area contributed by atoms with Crippen LogP contribution < -0.4 is 10.1 Å². The normalized spacial score (nSPS) is 15.2. The average molecular weight is 303 g/mol. The Morgan fingerprint density at radius 1 is 1.48 bits per heavy atom. The maximum Gasteiger partial charge on any atom is 0.267 e. The predicted octanol–water partition coefficient (Wildman–Crippen LogP) is 2.18. The zero-order valence-electron chi connectivity index (χ0n) is 12.0. The van der Waals surface area contributed by atoms with Gasteiger partial charge in [0.25, 0.3) is 5.91 Å². The number of nitrogens with one attached hydrogen (secondary N) is 1. The van der Waals surface area contributed by atoms with Crippen LogP contribution in [0.3, 0.4) is 0 Å². The fourth-order valence-corrected chi connectivity index (χ4v) is 2.61. The smallest absolute Gasteiger partial charge is 0.267 e. The molecule has 0 bridgehead atoms. The Hall–Kier alpha value is -2.00. The van der Waals surface area contributed by atoms with Gasteiger partial charge in [0.05, 0.1) is 12.1 Å². The topological polar surface area (TPSA) is 74.5 Å². The van der Waals surface area contributed by atoms with Crippen LogP contribution >= 0.6 is 11.8 Å². The zero-order valence-corrected chi connectivity index (χ0v) is 12.8. The van der Waals surface area contributed by atoms with Crippen molar-refractivity contribution in [2.75, 3.05) is 12.3 Å². The van der Waals surface area contributed by atoms with E-state index in [1.165, 1.54) is 11.8 Å². The van der Waals surface area contributed by atoms with E-state index in [0.717, 1.165) is 12.3 Å². The summed E-state index contributed by atoms with van der Waals surface area (Å²) in [7, 11) is 0. The van der Waals surface area contributed by atoms with E-state index in [2.05, 4.69) is 16.4 Å². The lowest BCUT2D eigenvalue weighted by Gasteiger charge is -2.22. The number of amidine groups is 1. The molecular formula is C15H17N3O2S. The number of nitrogens with zero attached hydrogens (tertiary/aromatic N) is 2. The van der Waals surface area contributed by atoms with Crippen molar-refractivity contribution in [2.45, 2.75) is 20.0 Å². The molecule has 0 radical (unpaired) electrons. The SMILES string of the molecule is CC(C)C(Oc1ccccc1C#N)C(=O)NC1=NCCS1. The van der Waals surface area contributed by atoms with E-state index in [4.69, 9.17) is 10.00 Å². The molecule has 1 aromatic carbocycles. The molecule has 21 heavy (non-hydrogen) atoms.